The maximum atomic E-state index is 11.1. The molecule has 0 aromatic rings. The van der Waals surface area contributed by atoms with Crippen LogP contribution in [0.1, 0.15) is 34.1 Å². The summed E-state index contributed by atoms with van der Waals surface area (Å²) in [6.07, 6.45) is 0.652. The fraction of sp³-hybridized carbons (Fsp3) is 0.778. The molecule has 0 saturated carbocycles. The van der Waals surface area contributed by atoms with Crippen molar-refractivity contribution in [2.24, 2.45) is 5.10 Å². The van der Waals surface area contributed by atoms with E-state index in [9.17, 15) is 4.79 Å². The van der Waals surface area contributed by atoms with Gasteiger partial charge in [0.1, 0.15) is 6.04 Å². The minimum Gasteiger partial charge on any atom is -0.280 e. The van der Waals surface area contributed by atoms with Gasteiger partial charge in [-0.15, -0.1) is 0 Å². The van der Waals surface area contributed by atoms with Crippen LogP contribution >= 0.6 is 11.6 Å². The average molecular weight is 203 g/mol. The standard InChI is InChI=1S/C9H15ClN2O/c1-6-5-7(8(10)13)12(11-6)9(2,3)4/h7H,5H2,1-4H3. The molecule has 3 nitrogen and oxygen atoms in total. The molecule has 1 heterocycles. The van der Waals surface area contributed by atoms with Crippen molar-refractivity contribution in [3.05, 3.63) is 0 Å². The van der Waals surface area contributed by atoms with Crippen LogP contribution in [-0.4, -0.2) is 27.5 Å². The monoisotopic (exact) mass is 202 g/mol. The Labute approximate surface area is 83.7 Å². The van der Waals surface area contributed by atoms with Gasteiger partial charge in [0.25, 0.3) is 0 Å². The van der Waals surface area contributed by atoms with Gasteiger partial charge in [0, 0.05) is 12.1 Å². The molecule has 1 atom stereocenters. The van der Waals surface area contributed by atoms with Gasteiger partial charge in [-0.1, -0.05) is 0 Å². The number of halogens is 1. The second kappa shape index (κ2) is 3.29. The molecule has 1 rings (SSSR count). The van der Waals surface area contributed by atoms with Gasteiger partial charge in [0.05, 0.1) is 5.54 Å². The number of rotatable bonds is 1. The molecule has 0 amide bonds. The molecule has 0 aromatic heterocycles. The summed E-state index contributed by atoms with van der Waals surface area (Å²) in [4.78, 5) is 11.1. The van der Waals surface area contributed by atoms with Crippen LogP contribution in [0, 0.1) is 0 Å². The van der Waals surface area contributed by atoms with Crippen LogP contribution in [0.15, 0.2) is 5.10 Å². The number of carbonyl (C=O) groups excluding carboxylic acids is 1. The molecule has 0 fully saturated rings. The Balaban J connectivity index is 2.87. The molecule has 74 valence electrons. The van der Waals surface area contributed by atoms with Crippen molar-refractivity contribution in [3.8, 4) is 0 Å². The highest BCUT2D eigenvalue weighted by molar-refractivity contribution is 6.65. The van der Waals surface area contributed by atoms with E-state index in [2.05, 4.69) is 5.10 Å². The molecule has 4 heteroatoms. The molecule has 0 radical (unpaired) electrons. The zero-order valence-corrected chi connectivity index (χ0v) is 9.22. The van der Waals surface area contributed by atoms with E-state index in [4.69, 9.17) is 11.6 Å². The molecule has 0 aliphatic carbocycles. The quantitative estimate of drug-likeness (QED) is 0.610. The summed E-state index contributed by atoms with van der Waals surface area (Å²) in [5.41, 5.74) is 0.821. The van der Waals surface area contributed by atoms with Crippen LogP contribution in [-0.2, 0) is 4.79 Å². The van der Waals surface area contributed by atoms with Crippen molar-refractivity contribution in [2.45, 2.75) is 45.7 Å². The highest BCUT2D eigenvalue weighted by Gasteiger charge is 2.36. The van der Waals surface area contributed by atoms with Gasteiger partial charge >= 0.3 is 0 Å². The van der Waals surface area contributed by atoms with Gasteiger partial charge in [-0.2, -0.15) is 5.10 Å². The van der Waals surface area contributed by atoms with E-state index in [1.165, 1.54) is 0 Å². The summed E-state index contributed by atoms with van der Waals surface area (Å²) in [7, 11) is 0. The van der Waals surface area contributed by atoms with E-state index in [1.54, 1.807) is 5.01 Å². The molecule has 0 bridgehead atoms. The second-order valence-electron chi connectivity index (χ2n) is 4.37. The maximum Gasteiger partial charge on any atom is 0.246 e. The number of hydrogen-bond acceptors (Lipinski definition) is 3. The van der Waals surface area contributed by atoms with Gasteiger partial charge in [0.2, 0.25) is 5.24 Å². The molecule has 1 unspecified atom stereocenters. The van der Waals surface area contributed by atoms with Crippen molar-refractivity contribution in [2.75, 3.05) is 0 Å². The largest absolute Gasteiger partial charge is 0.280 e. The Morgan fingerprint density at radius 2 is 2.15 bits per heavy atom. The normalized spacial score (nSPS) is 23.3. The van der Waals surface area contributed by atoms with Gasteiger partial charge in [-0.3, -0.25) is 9.80 Å². The smallest absolute Gasteiger partial charge is 0.246 e. The first-order valence-corrected chi connectivity index (χ1v) is 4.73. The van der Waals surface area contributed by atoms with Crippen molar-refractivity contribution < 1.29 is 4.79 Å². The third kappa shape index (κ3) is 2.21. The number of hydrazone groups is 1. The zero-order chi connectivity index (χ0) is 10.2. The molecule has 0 spiro atoms. The van der Waals surface area contributed by atoms with Crippen LogP contribution in [0.5, 0.6) is 0 Å². The highest BCUT2D eigenvalue weighted by atomic mass is 35.5. The number of carbonyl (C=O) groups is 1. The van der Waals surface area contributed by atoms with Gasteiger partial charge in [-0.25, -0.2) is 0 Å². The Morgan fingerprint density at radius 1 is 1.62 bits per heavy atom. The first-order chi connectivity index (χ1) is 5.82. The number of nitrogens with zero attached hydrogens (tertiary/aromatic N) is 2. The van der Waals surface area contributed by atoms with E-state index in [0.717, 1.165) is 5.71 Å². The summed E-state index contributed by atoms with van der Waals surface area (Å²) in [6.45, 7) is 7.96. The fourth-order valence-electron chi connectivity index (χ4n) is 1.45. The lowest BCUT2D eigenvalue weighted by Gasteiger charge is -2.33. The van der Waals surface area contributed by atoms with E-state index in [1.807, 2.05) is 27.7 Å². The third-order valence-corrected chi connectivity index (χ3v) is 2.26. The molecule has 13 heavy (non-hydrogen) atoms. The molecule has 0 saturated heterocycles. The van der Waals surface area contributed by atoms with Crippen molar-refractivity contribution in [1.29, 1.82) is 0 Å². The summed E-state index contributed by atoms with van der Waals surface area (Å²) < 4.78 is 0. The minimum atomic E-state index is -0.324. The molecular formula is C9H15ClN2O. The predicted molar refractivity (Wildman–Crippen MR) is 54.0 cm³/mol. The molecule has 1 aliphatic rings. The summed E-state index contributed by atoms with van der Waals surface area (Å²) in [5, 5.41) is 5.77. The van der Waals surface area contributed by atoms with Crippen molar-refractivity contribution >= 4 is 22.6 Å². The molecule has 1 aliphatic heterocycles. The van der Waals surface area contributed by atoms with Crippen LogP contribution in [0.2, 0.25) is 0 Å². The van der Waals surface area contributed by atoms with Gasteiger partial charge in [0.15, 0.2) is 0 Å². The minimum absolute atomic E-state index is 0.146. The highest BCUT2D eigenvalue weighted by Crippen LogP contribution is 2.26. The van der Waals surface area contributed by atoms with Crippen molar-refractivity contribution in [1.82, 2.24) is 5.01 Å². The lowest BCUT2D eigenvalue weighted by Crippen LogP contribution is -2.44. The topological polar surface area (TPSA) is 32.7 Å². The molecule has 0 aromatic carbocycles. The summed E-state index contributed by atoms with van der Waals surface area (Å²) in [6, 6.07) is -0.276. The van der Waals surface area contributed by atoms with E-state index in [-0.39, 0.29) is 16.8 Å². The lowest BCUT2D eigenvalue weighted by molar-refractivity contribution is -0.117. The summed E-state index contributed by atoms with van der Waals surface area (Å²) >= 11 is 5.50. The van der Waals surface area contributed by atoms with Gasteiger partial charge < -0.3 is 0 Å². The van der Waals surface area contributed by atoms with Crippen LogP contribution in [0.4, 0.5) is 0 Å². The Bertz CT molecular complexity index is 255. The third-order valence-electron chi connectivity index (χ3n) is 2.01. The zero-order valence-electron chi connectivity index (χ0n) is 8.47. The Hall–Kier alpha value is -0.570. The number of hydrogen-bond donors (Lipinski definition) is 0. The predicted octanol–water partition coefficient (Wildman–Crippen LogP) is 2.00. The van der Waals surface area contributed by atoms with E-state index >= 15 is 0 Å². The fourth-order valence-corrected chi connectivity index (χ4v) is 1.62. The van der Waals surface area contributed by atoms with Crippen LogP contribution < -0.4 is 0 Å². The molecular weight excluding hydrogens is 188 g/mol. The average Bonchev–Trinajstić information content (AvgIpc) is 2.29. The Kier molecular flexibility index (Phi) is 2.66. The lowest BCUT2D eigenvalue weighted by atomic mass is 10.1. The second-order valence-corrected chi connectivity index (χ2v) is 4.75. The first kappa shape index (κ1) is 10.5. The maximum absolute atomic E-state index is 11.1. The van der Waals surface area contributed by atoms with Crippen LogP contribution in [0.3, 0.4) is 0 Å². The van der Waals surface area contributed by atoms with E-state index < -0.39 is 0 Å². The van der Waals surface area contributed by atoms with Gasteiger partial charge in [-0.05, 0) is 39.3 Å². The molecule has 0 N–H and O–H groups in total. The van der Waals surface area contributed by atoms with Crippen LogP contribution in [0.25, 0.3) is 0 Å². The SMILES string of the molecule is CC1=NN(C(C)(C)C)C(C(=O)Cl)C1. The first-order valence-electron chi connectivity index (χ1n) is 4.35. The van der Waals surface area contributed by atoms with E-state index in [0.29, 0.717) is 6.42 Å². The summed E-state index contributed by atoms with van der Waals surface area (Å²) in [5.74, 6) is 0. The van der Waals surface area contributed by atoms with Crippen molar-refractivity contribution in [3.63, 3.8) is 0 Å². The Morgan fingerprint density at radius 3 is 2.46 bits per heavy atom.